The van der Waals surface area contributed by atoms with Crippen LogP contribution in [0, 0.1) is 11.3 Å². The van der Waals surface area contributed by atoms with E-state index < -0.39 is 0 Å². The maximum absolute atomic E-state index is 13.7. The second-order valence-corrected chi connectivity index (χ2v) is 9.55. The summed E-state index contributed by atoms with van der Waals surface area (Å²) < 4.78 is 0. The number of hydrogen-bond donors (Lipinski definition) is 3. The summed E-state index contributed by atoms with van der Waals surface area (Å²) in [4.78, 5) is 24.1. The van der Waals surface area contributed by atoms with E-state index in [1.807, 2.05) is 77.7 Å². The van der Waals surface area contributed by atoms with Gasteiger partial charge in [0.1, 0.15) is 17.7 Å². The summed E-state index contributed by atoms with van der Waals surface area (Å²) in [5.41, 5.74) is 10.3. The van der Waals surface area contributed by atoms with Gasteiger partial charge in [0.25, 0.3) is 0 Å². The molecule has 0 aliphatic carbocycles. The molecule has 8 heteroatoms. The molecule has 2 aromatic heterocycles. The third kappa shape index (κ3) is 7.58. The molecule has 0 unspecified atom stereocenters. The second-order valence-electron chi connectivity index (χ2n) is 9.55. The third-order valence-corrected chi connectivity index (χ3v) is 6.70. The lowest BCUT2D eigenvalue weighted by molar-refractivity contribution is 0.242. The van der Waals surface area contributed by atoms with Crippen molar-refractivity contribution in [3.8, 4) is 17.2 Å². The Morgan fingerprint density at radius 2 is 1.80 bits per heavy atom. The van der Waals surface area contributed by atoms with Crippen LogP contribution in [0.15, 0.2) is 91.3 Å². The van der Waals surface area contributed by atoms with Gasteiger partial charge in [0.2, 0.25) is 0 Å². The normalized spacial score (nSPS) is 11.3. The molecule has 8 nitrogen and oxygen atoms in total. The average Bonchev–Trinajstić information content (AvgIpc) is 3.00. The van der Waals surface area contributed by atoms with Crippen molar-refractivity contribution in [3.63, 3.8) is 0 Å². The zero-order chi connectivity index (χ0) is 28.2. The number of carbonyl (C=O) groups excluding carboxylic acids is 1. The maximum atomic E-state index is 13.7. The molecule has 0 radical (unpaired) electrons. The molecule has 0 aliphatic rings. The first kappa shape index (κ1) is 28.1. The van der Waals surface area contributed by atoms with E-state index in [0.29, 0.717) is 24.5 Å². The van der Waals surface area contributed by atoms with Crippen LogP contribution in [0.25, 0.3) is 11.1 Å². The van der Waals surface area contributed by atoms with Crippen molar-refractivity contribution < 1.29 is 4.79 Å². The number of carbonyl (C=O) groups is 1. The number of nitrogens with two attached hydrogens (primary N) is 1. The standard InChI is InChI=1S/C32H35N7O/c1-2-8-27(11-6-19-35-30-18-13-25(21-33)23-37-30)39(32(40)38-22-24-9-4-3-5-10-24)28-16-14-26(15-17-28)29-12-7-20-36-31(29)34/h3-5,7,9-10,12-18,20,23,27H,2,6,8,11,19,22H2,1H3,(H2,34,36)(H,35,37)(H,38,40)/t27-/m0/s1. The van der Waals surface area contributed by atoms with Gasteiger partial charge < -0.3 is 16.4 Å². The van der Waals surface area contributed by atoms with Gasteiger partial charge in [0.15, 0.2) is 0 Å². The minimum absolute atomic E-state index is 0.00538. The summed E-state index contributed by atoms with van der Waals surface area (Å²) >= 11 is 0. The average molecular weight is 534 g/mol. The Balaban J connectivity index is 1.51. The Bertz CT molecular complexity index is 1400. The number of nitrogens with one attached hydrogen (secondary N) is 2. The molecule has 2 heterocycles. The van der Waals surface area contributed by atoms with Gasteiger partial charge >= 0.3 is 6.03 Å². The van der Waals surface area contributed by atoms with Crippen molar-refractivity contribution >= 4 is 23.4 Å². The van der Waals surface area contributed by atoms with Crippen LogP contribution in [0.1, 0.15) is 43.7 Å². The molecule has 0 spiro atoms. The van der Waals surface area contributed by atoms with E-state index in [2.05, 4.69) is 33.6 Å². The summed E-state index contributed by atoms with van der Waals surface area (Å²) in [5, 5.41) is 15.4. The summed E-state index contributed by atoms with van der Waals surface area (Å²) in [5.74, 6) is 1.20. The number of amides is 2. The van der Waals surface area contributed by atoms with Crippen molar-refractivity contribution in [2.24, 2.45) is 0 Å². The van der Waals surface area contributed by atoms with Crippen LogP contribution >= 0.6 is 0 Å². The zero-order valence-electron chi connectivity index (χ0n) is 22.8. The van der Waals surface area contributed by atoms with Crippen molar-refractivity contribution in [2.45, 2.75) is 45.2 Å². The number of nitriles is 1. The quantitative estimate of drug-likeness (QED) is 0.182. The van der Waals surface area contributed by atoms with Crippen LogP contribution in [0.5, 0.6) is 0 Å². The number of benzene rings is 2. The number of anilines is 3. The monoisotopic (exact) mass is 533 g/mol. The van der Waals surface area contributed by atoms with E-state index in [1.54, 1.807) is 18.5 Å². The first-order valence-electron chi connectivity index (χ1n) is 13.6. The number of aromatic nitrogens is 2. The molecule has 4 aromatic rings. The molecule has 0 bridgehead atoms. The van der Waals surface area contributed by atoms with Crippen LogP contribution in [0.4, 0.5) is 22.1 Å². The fraction of sp³-hybridized carbons (Fsp3) is 0.250. The summed E-state index contributed by atoms with van der Waals surface area (Å²) in [6, 6.07) is 27.2. The van der Waals surface area contributed by atoms with E-state index in [-0.39, 0.29) is 12.1 Å². The molecule has 0 saturated heterocycles. The minimum atomic E-state index is -0.127. The van der Waals surface area contributed by atoms with Gasteiger partial charge in [-0.15, -0.1) is 0 Å². The van der Waals surface area contributed by atoms with Gasteiger partial charge in [-0.05, 0) is 66.8 Å². The molecule has 40 heavy (non-hydrogen) atoms. The van der Waals surface area contributed by atoms with Crippen molar-refractivity contribution in [1.29, 1.82) is 5.26 Å². The SMILES string of the molecule is CCC[C@@H](CCCNc1ccc(C#N)cn1)N(C(=O)NCc1ccccc1)c1ccc(-c2cccnc2N)cc1. The Morgan fingerprint density at radius 3 is 2.48 bits per heavy atom. The first-order chi connectivity index (χ1) is 19.6. The van der Waals surface area contributed by atoms with Crippen LogP contribution < -0.4 is 21.3 Å². The molecule has 0 saturated carbocycles. The topological polar surface area (TPSA) is 120 Å². The van der Waals surface area contributed by atoms with Gasteiger partial charge in [-0.1, -0.05) is 55.8 Å². The Morgan fingerprint density at radius 1 is 1.00 bits per heavy atom. The number of urea groups is 1. The Labute approximate surface area is 235 Å². The fourth-order valence-electron chi connectivity index (χ4n) is 4.67. The van der Waals surface area contributed by atoms with E-state index >= 15 is 0 Å². The predicted molar refractivity (Wildman–Crippen MR) is 161 cm³/mol. The van der Waals surface area contributed by atoms with Crippen molar-refractivity contribution in [1.82, 2.24) is 15.3 Å². The van der Waals surface area contributed by atoms with Gasteiger partial charge in [-0.3, -0.25) is 4.90 Å². The highest BCUT2D eigenvalue weighted by Gasteiger charge is 2.25. The Hall–Kier alpha value is -4.90. The van der Waals surface area contributed by atoms with E-state index in [0.717, 1.165) is 53.9 Å². The molecule has 0 aliphatic heterocycles. The van der Waals surface area contributed by atoms with Crippen molar-refractivity contribution in [2.75, 3.05) is 22.5 Å². The number of pyridine rings is 2. The van der Waals surface area contributed by atoms with Gasteiger partial charge in [-0.25, -0.2) is 14.8 Å². The molecule has 4 N–H and O–H groups in total. The smallest absolute Gasteiger partial charge is 0.322 e. The molecule has 2 amide bonds. The highest BCUT2D eigenvalue weighted by atomic mass is 16.2. The molecule has 4 rings (SSSR count). The minimum Gasteiger partial charge on any atom is -0.383 e. The van der Waals surface area contributed by atoms with Gasteiger partial charge in [0, 0.05) is 42.8 Å². The summed E-state index contributed by atoms with van der Waals surface area (Å²) in [6.45, 7) is 3.29. The predicted octanol–water partition coefficient (Wildman–Crippen LogP) is 6.37. The summed E-state index contributed by atoms with van der Waals surface area (Å²) in [6.07, 6.45) is 6.71. The van der Waals surface area contributed by atoms with Crippen LogP contribution in [-0.4, -0.2) is 28.6 Å². The zero-order valence-corrected chi connectivity index (χ0v) is 22.8. The fourth-order valence-corrected chi connectivity index (χ4v) is 4.67. The van der Waals surface area contributed by atoms with Crippen molar-refractivity contribution in [3.05, 3.63) is 102 Å². The molecule has 204 valence electrons. The lowest BCUT2D eigenvalue weighted by Gasteiger charge is -2.32. The highest BCUT2D eigenvalue weighted by Crippen LogP contribution is 2.29. The second kappa shape index (κ2) is 14.3. The van der Waals surface area contributed by atoms with E-state index in [1.165, 1.54) is 0 Å². The number of nitrogens with zero attached hydrogens (tertiary/aromatic N) is 4. The number of rotatable bonds is 12. The molecular weight excluding hydrogens is 498 g/mol. The van der Waals surface area contributed by atoms with Crippen LogP contribution in [0.3, 0.4) is 0 Å². The summed E-state index contributed by atoms with van der Waals surface area (Å²) in [7, 11) is 0. The maximum Gasteiger partial charge on any atom is 0.322 e. The lowest BCUT2D eigenvalue weighted by Crippen LogP contribution is -2.46. The van der Waals surface area contributed by atoms with Gasteiger partial charge in [-0.2, -0.15) is 5.26 Å². The first-order valence-corrected chi connectivity index (χ1v) is 13.6. The van der Waals surface area contributed by atoms with E-state index in [4.69, 9.17) is 11.0 Å². The van der Waals surface area contributed by atoms with Gasteiger partial charge in [0.05, 0.1) is 5.56 Å². The molecule has 2 aromatic carbocycles. The molecular formula is C32H35N7O. The van der Waals surface area contributed by atoms with E-state index in [9.17, 15) is 4.79 Å². The number of hydrogen-bond acceptors (Lipinski definition) is 6. The molecule has 0 fully saturated rings. The van der Waals surface area contributed by atoms with Crippen LogP contribution in [0.2, 0.25) is 0 Å². The third-order valence-electron chi connectivity index (χ3n) is 6.70. The highest BCUT2D eigenvalue weighted by molar-refractivity contribution is 5.93. The molecule has 1 atom stereocenters. The largest absolute Gasteiger partial charge is 0.383 e. The van der Waals surface area contributed by atoms with Crippen LogP contribution in [-0.2, 0) is 6.54 Å². The lowest BCUT2D eigenvalue weighted by atomic mass is 10.0. The Kier molecular flexibility index (Phi) is 10.1. The number of nitrogen functional groups attached to an aromatic ring is 1.